The maximum atomic E-state index is 14.5. The van der Waals surface area contributed by atoms with Crippen molar-refractivity contribution >= 4 is 12.7 Å². The van der Waals surface area contributed by atoms with E-state index in [1.54, 1.807) is 60.7 Å². The van der Waals surface area contributed by atoms with Crippen LogP contribution in [0.5, 0.6) is 0 Å². The predicted molar refractivity (Wildman–Crippen MR) is 151 cm³/mol. The van der Waals surface area contributed by atoms with Gasteiger partial charge in [-0.1, -0.05) is 109 Å². The van der Waals surface area contributed by atoms with Gasteiger partial charge in [-0.15, -0.1) is 0 Å². The summed E-state index contributed by atoms with van der Waals surface area (Å²) in [6.07, 6.45) is -3.01. The van der Waals surface area contributed by atoms with Crippen LogP contribution in [0.2, 0.25) is 0 Å². The largest absolute Gasteiger partial charge is 0.380 e. The number of benzene rings is 4. The van der Waals surface area contributed by atoms with Crippen LogP contribution < -0.4 is 5.30 Å². The lowest BCUT2D eigenvalue weighted by atomic mass is 10.1. The Morgan fingerprint density at radius 1 is 0.692 bits per heavy atom. The second kappa shape index (κ2) is 13.3. The predicted octanol–water partition coefficient (Wildman–Crippen LogP) is 5.69. The summed E-state index contributed by atoms with van der Waals surface area (Å²) in [5, 5.41) is 11.9. The van der Waals surface area contributed by atoms with Crippen LogP contribution in [0.3, 0.4) is 0 Å². The maximum absolute atomic E-state index is 14.5. The van der Waals surface area contributed by atoms with Crippen molar-refractivity contribution < 1.29 is 31.1 Å². The van der Waals surface area contributed by atoms with Crippen molar-refractivity contribution in [1.82, 2.24) is 0 Å². The highest BCUT2D eigenvalue weighted by Crippen LogP contribution is 2.57. The quantitative estimate of drug-likeness (QED) is 0.244. The average molecular weight is 547 g/mol. The molecule has 39 heavy (non-hydrogen) atoms. The van der Waals surface area contributed by atoms with Crippen molar-refractivity contribution in [2.45, 2.75) is 43.9 Å². The molecule has 0 aromatic heterocycles. The standard InChI is InChI=1S/C32H33O6P/c33-32-31(37-23-27-17-9-3-10-18-27)30(36-22-26-15-7-2-8-16-26)29(24-35-21-25-13-5-1-6-14-25)38-39(32,34)28-19-11-4-12-20-28/h1-20,29-33H,21-24H2/t29-,30-,31+,32+,39+/m1/s1/i21D2. The molecule has 1 N–H and O–H groups in total. The Balaban J connectivity index is 1.47. The van der Waals surface area contributed by atoms with Gasteiger partial charge in [-0.3, -0.25) is 4.57 Å². The van der Waals surface area contributed by atoms with Crippen molar-refractivity contribution in [2.75, 3.05) is 6.61 Å². The third-order valence-electron chi connectivity index (χ3n) is 6.52. The first-order valence-electron chi connectivity index (χ1n) is 13.9. The number of rotatable bonds is 11. The summed E-state index contributed by atoms with van der Waals surface area (Å²) in [6.45, 7) is -2.14. The fraction of sp³-hybridized carbons (Fsp3) is 0.250. The summed E-state index contributed by atoms with van der Waals surface area (Å²) < 4.78 is 56.1. The minimum absolute atomic E-state index is 0.140. The average Bonchev–Trinajstić information content (AvgIpc) is 3.02. The number of aliphatic hydroxyl groups excluding tert-OH is 1. The first-order valence-corrected chi connectivity index (χ1v) is 14.6. The molecule has 1 aliphatic rings. The van der Waals surface area contributed by atoms with Crippen LogP contribution in [0.1, 0.15) is 19.4 Å². The van der Waals surface area contributed by atoms with Crippen LogP contribution in [-0.4, -0.2) is 35.9 Å². The minimum Gasteiger partial charge on any atom is -0.380 e. The van der Waals surface area contributed by atoms with Gasteiger partial charge in [0.2, 0.25) is 0 Å². The molecule has 4 aromatic carbocycles. The molecule has 1 saturated heterocycles. The molecule has 0 amide bonds. The van der Waals surface area contributed by atoms with Crippen LogP contribution in [0.4, 0.5) is 0 Å². The van der Waals surface area contributed by atoms with Crippen LogP contribution in [0.15, 0.2) is 121 Å². The van der Waals surface area contributed by atoms with E-state index in [4.69, 9.17) is 21.5 Å². The van der Waals surface area contributed by atoms with Crippen LogP contribution in [-0.2, 0) is 43.1 Å². The number of hydrogen-bond donors (Lipinski definition) is 1. The Kier molecular flexibility index (Phi) is 8.51. The summed E-state index contributed by atoms with van der Waals surface area (Å²) in [5.41, 5.74) is 2.09. The van der Waals surface area contributed by atoms with Crippen LogP contribution in [0, 0.1) is 0 Å². The lowest BCUT2D eigenvalue weighted by Gasteiger charge is -2.44. The van der Waals surface area contributed by atoms with Gasteiger partial charge in [-0.2, -0.15) is 0 Å². The fourth-order valence-corrected chi connectivity index (χ4v) is 6.87. The Bertz CT molecular complexity index is 1410. The fourth-order valence-electron chi connectivity index (χ4n) is 4.50. The smallest absolute Gasteiger partial charge is 0.262 e. The molecule has 0 bridgehead atoms. The van der Waals surface area contributed by atoms with Gasteiger partial charge in [0.25, 0.3) is 7.37 Å². The highest BCUT2D eigenvalue weighted by Gasteiger charge is 2.54. The van der Waals surface area contributed by atoms with E-state index in [-0.39, 0.29) is 19.8 Å². The van der Waals surface area contributed by atoms with Gasteiger partial charge in [0.15, 0.2) is 5.85 Å². The highest BCUT2D eigenvalue weighted by molar-refractivity contribution is 7.67. The number of hydrogen-bond acceptors (Lipinski definition) is 6. The summed E-state index contributed by atoms with van der Waals surface area (Å²) in [4.78, 5) is 0. The molecule has 0 aliphatic carbocycles. The molecule has 0 saturated carbocycles. The van der Waals surface area contributed by atoms with E-state index in [1.807, 2.05) is 60.7 Å². The molecule has 1 aliphatic heterocycles. The number of ether oxygens (including phenoxy) is 3. The molecular formula is C32H33O6P. The lowest BCUT2D eigenvalue weighted by Crippen LogP contribution is -2.55. The van der Waals surface area contributed by atoms with E-state index in [0.29, 0.717) is 10.9 Å². The van der Waals surface area contributed by atoms with E-state index in [2.05, 4.69) is 0 Å². The SMILES string of the molecule is [2H]C([2H])(OC[C@H]1O[P@@](=O)(c2ccccc2)[C@H](O)[C@@H](OCc2ccccc2)[C@@H]1OCc1ccccc1)c1ccccc1. The molecule has 6 nitrogen and oxygen atoms in total. The highest BCUT2D eigenvalue weighted by atomic mass is 31.2. The third kappa shape index (κ3) is 6.92. The van der Waals surface area contributed by atoms with Gasteiger partial charge < -0.3 is 23.8 Å². The van der Waals surface area contributed by atoms with Gasteiger partial charge >= 0.3 is 0 Å². The molecule has 0 radical (unpaired) electrons. The first kappa shape index (κ1) is 24.9. The molecule has 4 aromatic rings. The van der Waals surface area contributed by atoms with Crippen molar-refractivity contribution in [3.05, 3.63) is 138 Å². The molecule has 202 valence electrons. The Hall–Kier alpha value is -3.09. The normalized spacial score (nSPS) is 26.0. The van der Waals surface area contributed by atoms with Crippen LogP contribution >= 0.6 is 7.37 Å². The zero-order valence-electron chi connectivity index (χ0n) is 23.4. The van der Waals surface area contributed by atoms with E-state index in [0.717, 1.165) is 11.1 Å². The molecular weight excluding hydrogens is 511 g/mol. The van der Waals surface area contributed by atoms with E-state index < -0.39 is 38.1 Å². The van der Waals surface area contributed by atoms with E-state index >= 15 is 0 Å². The topological polar surface area (TPSA) is 74.2 Å². The van der Waals surface area contributed by atoms with E-state index in [1.165, 1.54) is 0 Å². The van der Waals surface area contributed by atoms with Gasteiger partial charge in [-0.05, 0) is 28.8 Å². The molecule has 5 atom stereocenters. The van der Waals surface area contributed by atoms with Gasteiger partial charge in [0.05, 0.1) is 29.1 Å². The summed E-state index contributed by atoms with van der Waals surface area (Å²) >= 11 is 0. The molecule has 7 heteroatoms. The summed E-state index contributed by atoms with van der Waals surface area (Å²) in [5.74, 6) is -1.53. The van der Waals surface area contributed by atoms with Crippen LogP contribution in [0.25, 0.3) is 0 Å². The van der Waals surface area contributed by atoms with Gasteiger partial charge in [0.1, 0.15) is 18.3 Å². The van der Waals surface area contributed by atoms with Crippen molar-refractivity contribution in [3.8, 4) is 0 Å². The molecule has 1 heterocycles. The van der Waals surface area contributed by atoms with Crippen molar-refractivity contribution in [3.63, 3.8) is 0 Å². The maximum Gasteiger partial charge on any atom is 0.262 e. The lowest BCUT2D eigenvalue weighted by molar-refractivity contribution is -0.174. The molecule has 0 spiro atoms. The second-order valence-corrected chi connectivity index (χ2v) is 11.7. The Morgan fingerprint density at radius 2 is 1.15 bits per heavy atom. The molecule has 5 rings (SSSR count). The van der Waals surface area contributed by atoms with Crippen molar-refractivity contribution in [1.29, 1.82) is 0 Å². The zero-order valence-corrected chi connectivity index (χ0v) is 22.3. The summed E-state index contributed by atoms with van der Waals surface area (Å²) in [6, 6.07) is 36.0. The second-order valence-electron chi connectivity index (χ2n) is 9.29. The van der Waals surface area contributed by atoms with Crippen molar-refractivity contribution in [2.24, 2.45) is 0 Å². The Morgan fingerprint density at radius 3 is 1.69 bits per heavy atom. The molecule has 1 fully saturated rings. The molecule has 0 unspecified atom stereocenters. The first-order chi connectivity index (χ1) is 19.9. The zero-order chi connectivity index (χ0) is 28.7. The summed E-state index contributed by atoms with van der Waals surface area (Å²) in [7, 11) is -3.93. The van der Waals surface area contributed by atoms with Gasteiger partial charge in [0, 0.05) is 5.30 Å². The minimum atomic E-state index is -3.93. The third-order valence-corrected chi connectivity index (χ3v) is 9.11. The number of aliphatic hydroxyl groups is 1. The van der Waals surface area contributed by atoms with E-state index in [9.17, 15) is 9.67 Å². The Labute approximate surface area is 232 Å². The van der Waals surface area contributed by atoms with Gasteiger partial charge in [-0.25, -0.2) is 0 Å². The monoisotopic (exact) mass is 546 g/mol.